The van der Waals surface area contributed by atoms with Crippen LogP contribution >= 0.6 is 0 Å². The summed E-state index contributed by atoms with van der Waals surface area (Å²) in [5.41, 5.74) is 1.09. The van der Waals surface area contributed by atoms with E-state index < -0.39 is 0 Å². The fourth-order valence-corrected chi connectivity index (χ4v) is 4.31. The molecule has 1 saturated carbocycles. The van der Waals surface area contributed by atoms with Gasteiger partial charge in [-0.2, -0.15) is 0 Å². The number of amides is 2. The van der Waals surface area contributed by atoms with E-state index in [1.54, 1.807) is 0 Å². The fourth-order valence-electron chi connectivity index (χ4n) is 4.31. The Balaban J connectivity index is 1.77. The molecule has 2 amide bonds. The first-order valence-corrected chi connectivity index (χ1v) is 10.4. The smallest absolute Gasteiger partial charge is 0.228 e. The van der Waals surface area contributed by atoms with E-state index >= 15 is 0 Å². The first-order chi connectivity index (χ1) is 14.2. The molecule has 4 atom stereocenters. The predicted octanol–water partition coefficient (Wildman–Crippen LogP) is 2.33. The Morgan fingerprint density at radius 3 is 2.47 bits per heavy atom. The van der Waals surface area contributed by atoms with Crippen LogP contribution < -0.4 is 10.6 Å². The van der Waals surface area contributed by atoms with Crippen molar-refractivity contribution in [3.63, 3.8) is 0 Å². The number of carbonyl (C=O) groups is 2. The topological polar surface area (TPSA) is 118 Å². The summed E-state index contributed by atoms with van der Waals surface area (Å²) < 4.78 is 8.00. The monoisotopic (exact) mass is 415 g/mol. The first-order valence-electron chi connectivity index (χ1n) is 10.4. The van der Waals surface area contributed by atoms with E-state index in [9.17, 15) is 14.7 Å². The van der Waals surface area contributed by atoms with E-state index in [4.69, 9.17) is 4.74 Å². The van der Waals surface area contributed by atoms with Gasteiger partial charge in [-0.15, -0.1) is 0 Å². The summed E-state index contributed by atoms with van der Waals surface area (Å²) >= 11 is 0. The van der Waals surface area contributed by atoms with Gasteiger partial charge in [0.05, 0.1) is 35.9 Å². The molecule has 162 valence electrons. The van der Waals surface area contributed by atoms with Gasteiger partial charge in [-0.05, 0) is 6.42 Å². The molecule has 3 N–H and O–H groups in total. The minimum absolute atomic E-state index is 0.00842. The molecule has 0 spiro atoms. The van der Waals surface area contributed by atoms with Gasteiger partial charge in [0.2, 0.25) is 11.8 Å². The van der Waals surface area contributed by atoms with Crippen LogP contribution in [0.2, 0.25) is 0 Å². The normalized spacial score (nSPS) is 27.5. The maximum atomic E-state index is 12.4. The number of carbonyl (C=O) groups excluding carboxylic acids is 2. The highest BCUT2D eigenvalue weighted by molar-refractivity contribution is 6.09. The van der Waals surface area contributed by atoms with Crippen molar-refractivity contribution in [3.8, 4) is 0 Å². The third kappa shape index (κ3) is 3.26. The minimum atomic E-state index is -0.212. The zero-order chi connectivity index (χ0) is 21.8. The Bertz CT molecular complexity index is 1000. The molecule has 2 aromatic rings. The molecule has 2 aliphatic rings. The van der Waals surface area contributed by atoms with Crippen LogP contribution in [0.1, 0.15) is 47.1 Å². The van der Waals surface area contributed by atoms with E-state index in [-0.39, 0.29) is 53.9 Å². The van der Waals surface area contributed by atoms with Crippen LogP contribution in [0.5, 0.6) is 0 Å². The molecule has 4 rings (SSSR count). The molecule has 0 radical (unpaired) electrons. The van der Waals surface area contributed by atoms with Gasteiger partial charge >= 0.3 is 0 Å². The second-order valence-corrected chi connectivity index (χ2v) is 9.17. The molecule has 1 aliphatic carbocycles. The van der Waals surface area contributed by atoms with Gasteiger partial charge in [-0.1, -0.05) is 34.6 Å². The van der Waals surface area contributed by atoms with Crippen molar-refractivity contribution in [2.45, 2.75) is 59.3 Å². The zero-order valence-electron chi connectivity index (χ0n) is 18.0. The number of nitrogens with one attached hydrogen (secondary N) is 2. The first kappa shape index (κ1) is 20.7. The van der Waals surface area contributed by atoms with E-state index in [1.165, 1.54) is 6.33 Å². The summed E-state index contributed by atoms with van der Waals surface area (Å²) in [6.07, 6.45) is 3.86. The highest BCUT2D eigenvalue weighted by Crippen LogP contribution is 2.66. The Hall–Kier alpha value is -2.52. The Labute approximate surface area is 175 Å². The second kappa shape index (κ2) is 7.31. The lowest BCUT2D eigenvalue weighted by Gasteiger charge is -2.16. The third-order valence-corrected chi connectivity index (χ3v) is 6.17. The van der Waals surface area contributed by atoms with Crippen LogP contribution in [0, 0.1) is 17.3 Å². The molecule has 30 heavy (non-hydrogen) atoms. The Morgan fingerprint density at radius 2 is 1.90 bits per heavy atom. The van der Waals surface area contributed by atoms with E-state index in [1.807, 2.05) is 38.5 Å². The van der Waals surface area contributed by atoms with Crippen LogP contribution in [0.25, 0.3) is 11.0 Å². The number of hydrogen-bond donors (Lipinski definition) is 3. The van der Waals surface area contributed by atoms with Gasteiger partial charge in [-0.25, -0.2) is 9.97 Å². The van der Waals surface area contributed by atoms with E-state index in [0.717, 1.165) is 6.42 Å². The van der Waals surface area contributed by atoms with Gasteiger partial charge in [-0.3, -0.25) is 9.59 Å². The van der Waals surface area contributed by atoms with Crippen LogP contribution in [0.3, 0.4) is 0 Å². The summed E-state index contributed by atoms with van der Waals surface area (Å²) in [7, 11) is 0. The van der Waals surface area contributed by atoms with Crippen molar-refractivity contribution < 1.29 is 19.4 Å². The standard InChI is InChI=1S/C21H29N5O4/c1-10(2)19(28)24-13-7-26(15-16-21(15,5)6-12(8-27)30-16)18-14(13)17(22-9-23-18)25-20(29)11(3)4/h7,9-12,15-16,27H,6,8H2,1-5H3,(H,24,28)(H,22,23,25,29). The number of anilines is 2. The molecule has 3 heterocycles. The highest BCUT2D eigenvalue weighted by Gasteiger charge is 2.69. The molecule has 1 aliphatic heterocycles. The lowest BCUT2D eigenvalue weighted by Crippen LogP contribution is -2.20. The average molecular weight is 415 g/mol. The third-order valence-electron chi connectivity index (χ3n) is 6.17. The lowest BCUT2D eigenvalue weighted by molar-refractivity contribution is -0.119. The molecule has 2 aromatic heterocycles. The summed E-state index contributed by atoms with van der Waals surface area (Å²) in [6, 6.07) is 0.0380. The van der Waals surface area contributed by atoms with Crippen LogP contribution in [-0.2, 0) is 14.3 Å². The number of nitrogens with zero attached hydrogens (tertiary/aromatic N) is 3. The molecule has 0 bridgehead atoms. The number of rotatable bonds is 6. The van der Waals surface area contributed by atoms with Crippen LogP contribution in [0.4, 0.5) is 11.5 Å². The molecule has 2 fully saturated rings. The van der Waals surface area contributed by atoms with Gasteiger partial charge < -0.3 is 25.0 Å². The number of hydrogen-bond acceptors (Lipinski definition) is 6. The zero-order valence-corrected chi connectivity index (χ0v) is 18.0. The second-order valence-electron chi connectivity index (χ2n) is 9.17. The maximum Gasteiger partial charge on any atom is 0.228 e. The van der Waals surface area contributed by atoms with Gasteiger partial charge in [0.15, 0.2) is 0 Å². The lowest BCUT2D eigenvalue weighted by atomic mass is 10.0. The van der Waals surface area contributed by atoms with Gasteiger partial charge in [0, 0.05) is 23.4 Å². The number of aromatic nitrogens is 3. The van der Waals surface area contributed by atoms with E-state index in [2.05, 4.69) is 27.5 Å². The van der Waals surface area contributed by atoms with Crippen molar-refractivity contribution in [3.05, 3.63) is 12.5 Å². The number of fused-ring (bicyclic) bond motifs is 2. The summed E-state index contributed by atoms with van der Waals surface area (Å²) in [4.78, 5) is 33.5. The molecule has 1 saturated heterocycles. The predicted molar refractivity (Wildman–Crippen MR) is 112 cm³/mol. The Morgan fingerprint density at radius 1 is 1.23 bits per heavy atom. The van der Waals surface area contributed by atoms with Crippen LogP contribution in [-0.4, -0.2) is 50.3 Å². The average Bonchev–Trinajstić information content (AvgIpc) is 2.98. The number of aliphatic hydroxyl groups is 1. The quantitative estimate of drug-likeness (QED) is 0.666. The maximum absolute atomic E-state index is 12.4. The SMILES string of the molecule is CC(C)C(=O)Nc1cn(C2C3OC(CO)CC32C)c2ncnc(NC(=O)C(C)C)c12. The summed E-state index contributed by atoms with van der Waals surface area (Å²) in [5, 5.41) is 15.8. The molecule has 9 nitrogen and oxygen atoms in total. The van der Waals surface area contributed by atoms with E-state index in [0.29, 0.717) is 22.5 Å². The largest absolute Gasteiger partial charge is 0.394 e. The highest BCUT2D eigenvalue weighted by atomic mass is 16.5. The van der Waals surface area contributed by atoms with Crippen molar-refractivity contribution in [1.82, 2.24) is 14.5 Å². The molecular formula is C21H29N5O4. The van der Waals surface area contributed by atoms with Crippen molar-refractivity contribution >= 4 is 34.4 Å². The molecule has 9 heteroatoms. The van der Waals surface area contributed by atoms with Gasteiger partial charge in [0.25, 0.3) is 0 Å². The summed E-state index contributed by atoms with van der Waals surface area (Å²) in [5.74, 6) is -0.322. The number of ether oxygens (including phenoxy) is 1. The minimum Gasteiger partial charge on any atom is -0.394 e. The van der Waals surface area contributed by atoms with Crippen LogP contribution in [0.15, 0.2) is 12.5 Å². The Kier molecular flexibility index (Phi) is 5.06. The number of aliphatic hydroxyl groups excluding tert-OH is 1. The fraction of sp³-hybridized carbons (Fsp3) is 0.619. The van der Waals surface area contributed by atoms with Crippen molar-refractivity contribution in [2.75, 3.05) is 17.2 Å². The summed E-state index contributed by atoms with van der Waals surface area (Å²) in [6.45, 7) is 9.40. The van der Waals surface area contributed by atoms with Crippen molar-refractivity contribution in [2.24, 2.45) is 17.3 Å². The van der Waals surface area contributed by atoms with Crippen molar-refractivity contribution in [1.29, 1.82) is 0 Å². The molecular weight excluding hydrogens is 386 g/mol. The molecule has 0 aromatic carbocycles. The molecule has 4 unspecified atom stereocenters. The van der Waals surface area contributed by atoms with Gasteiger partial charge in [0.1, 0.15) is 17.8 Å².